The highest BCUT2D eigenvalue weighted by molar-refractivity contribution is 7.89. The van der Waals surface area contributed by atoms with Gasteiger partial charge in [-0.05, 0) is 26.2 Å². The SMILES string of the molecule is CCNc1nc2sccn2c1S(=O)(=O)N1CC(C)CC1C. The normalized spacial score (nSPS) is 24.0. The van der Waals surface area contributed by atoms with Gasteiger partial charge in [-0.2, -0.15) is 4.31 Å². The van der Waals surface area contributed by atoms with Crippen LogP contribution in [0.3, 0.4) is 0 Å². The molecule has 1 N–H and O–H groups in total. The van der Waals surface area contributed by atoms with Gasteiger partial charge in [-0.1, -0.05) is 6.92 Å². The standard InChI is InChI=1S/C13H20N4O2S2/c1-4-14-11-12(16-5-6-20-13(16)15-11)21(18,19)17-8-9(2)7-10(17)3/h5-6,9-10,14H,4,7-8H2,1-3H3. The van der Waals surface area contributed by atoms with Crippen LogP contribution in [0.15, 0.2) is 16.6 Å². The highest BCUT2D eigenvalue weighted by Crippen LogP contribution is 2.33. The van der Waals surface area contributed by atoms with Crippen LogP contribution in [0.2, 0.25) is 0 Å². The first-order chi connectivity index (χ1) is 9.95. The lowest BCUT2D eigenvalue weighted by Crippen LogP contribution is -2.35. The van der Waals surface area contributed by atoms with Crippen LogP contribution < -0.4 is 5.32 Å². The van der Waals surface area contributed by atoms with Crippen molar-refractivity contribution in [2.45, 2.75) is 38.3 Å². The zero-order valence-corrected chi connectivity index (χ0v) is 14.0. The lowest BCUT2D eigenvalue weighted by molar-refractivity contribution is 0.403. The molecule has 0 saturated carbocycles. The molecule has 8 heteroatoms. The second kappa shape index (κ2) is 5.26. The number of sulfonamides is 1. The Kier molecular flexibility index (Phi) is 3.71. The zero-order chi connectivity index (χ0) is 15.2. The van der Waals surface area contributed by atoms with Crippen molar-refractivity contribution >= 4 is 32.1 Å². The van der Waals surface area contributed by atoms with Crippen LogP contribution in [0.5, 0.6) is 0 Å². The number of thiazole rings is 1. The van der Waals surface area contributed by atoms with Gasteiger partial charge in [0.15, 0.2) is 15.8 Å². The Morgan fingerprint density at radius 2 is 2.24 bits per heavy atom. The molecular weight excluding hydrogens is 308 g/mol. The van der Waals surface area contributed by atoms with Crippen molar-refractivity contribution in [3.8, 4) is 0 Å². The fourth-order valence-corrected chi connectivity index (χ4v) is 5.76. The summed E-state index contributed by atoms with van der Waals surface area (Å²) in [6.07, 6.45) is 2.67. The number of fused-ring (bicyclic) bond motifs is 1. The van der Waals surface area contributed by atoms with E-state index in [1.165, 1.54) is 11.3 Å². The average molecular weight is 328 g/mol. The predicted molar refractivity (Wildman–Crippen MR) is 84.4 cm³/mol. The van der Waals surface area contributed by atoms with Crippen LogP contribution in [0, 0.1) is 5.92 Å². The van der Waals surface area contributed by atoms with E-state index in [1.807, 2.05) is 19.2 Å². The first kappa shape index (κ1) is 14.8. The second-order valence-electron chi connectivity index (χ2n) is 5.62. The van der Waals surface area contributed by atoms with Crippen LogP contribution in [0.1, 0.15) is 27.2 Å². The van der Waals surface area contributed by atoms with E-state index in [-0.39, 0.29) is 11.1 Å². The molecule has 0 aliphatic carbocycles. The maximum absolute atomic E-state index is 13.1. The largest absolute Gasteiger partial charge is 0.368 e. The van der Waals surface area contributed by atoms with Crippen molar-refractivity contribution in [3.63, 3.8) is 0 Å². The van der Waals surface area contributed by atoms with Crippen LogP contribution >= 0.6 is 11.3 Å². The van der Waals surface area contributed by atoms with Crippen LogP contribution in [0.4, 0.5) is 5.82 Å². The molecule has 2 atom stereocenters. The van der Waals surface area contributed by atoms with Crippen LogP contribution in [0.25, 0.3) is 4.96 Å². The monoisotopic (exact) mass is 328 g/mol. The number of rotatable bonds is 4. The van der Waals surface area contributed by atoms with E-state index in [9.17, 15) is 8.42 Å². The molecule has 3 heterocycles. The lowest BCUT2D eigenvalue weighted by atomic mass is 10.1. The Labute approximate surface area is 128 Å². The number of hydrogen-bond donors (Lipinski definition) is 1. The lowest BCUT2D eigenvalue weighted by Gasteiger charge is -2.21. The van der Waals surface area contributed by atoms with Crippen molar-refractivity contribution in [1.29, 1.82) is 0 Å². The highest BCUT2D eigenvalue weighted by atomic mass is 32.2. The van der Waals surface area contributed by atoms with E-state index >= 15 is 0 Å². The molecule has 3 rings (SSSR count). The third kappa shape index (κ3) is 2.35. The molecular formula is C13H20N4O2S2. The van der Waals surface area contributed by atoms with Gasteiger partial charge in [0.2, 0.25) is 0 Å². The third-order valence-electron chi connectivity index (χ3n) is 3.84. The number of hydrogen-bond acceptors (Lipinski definition) is 5. The van der Waals surface area contributed by atoms with Crippen LogP contribution in [-0.4, -0.2) is 41.2 Å². The molecule has 2 unspecified atom stereocenters. The Morgan fingerprint density at radius 3 is 2.86 bits per heavy atom. The minimum absolute atomic E-state index is 0.0312. The average Bonchev–Trinajstić information content (AvgIpc) is 3.03. The molecule has 1 fully saturated rings. The van der Waals surface area contributed by atoms with Gasteiger partial charge in [-0.3, -0.25) is 4.40 Å². The molecule has 0 radical (unpaired) electrons. The van der Waals surface area contributed by atoms with E-state index in [0.29, 0.717) is 29.8 Å². The zero-order valence-electron chi connectivity index (χ0n) is 12.4. The highest BCUT2D eigenvalue weighted by Gasteiger charge is 2.39. The van der Waals surface area contributed by atoms with Crippen molar-refractivity contribution in [1.82, 2.24) is 13.7 Å². The molecule has 21 heavy (non-hydrogen) atoms. The van der Waals surface area contributed by atoms with Crippen molar-refractivity contribution in [3.05, 3.63) is 11.6 Å². The smallest absolute Gasteiger partial charge is 0.263 e. The minimum atomic E-state index is -3.55. The molecule has 6 nitrogen and oxygen atoms in total. The van der Waals surface area contributed by atoms with Gasteiger partial charge in [0.25, 0.3) is 10.0 Å². The van der Waals surface area contributed by atoms with E-state index in [1.54, 1.807) is 14.9 Å². The van der Waals surface area contributed by atoms with E-state index in [4.69, 9.17) is 0 Å². The molecule has 2 aromatic heterocycles. The molecule has 0 aromatic carbocycles. The fourth-order valence-electron chi connectivity index (χ4n) is 3.00. The van der Waals surface area contributed by atoms with Crippen molar-refractivity contribution in [2.24, 2.45) is 5.92 Å². The van der Waals surface area contributed by atoms with Crippen molar-refractivity contribution < 1.29 is 8.42 Å². The summed E-state index contributed by atoms with van der Waals surface area (Å²) in [5, 5.41) is 5.20. The Hall–Kier alpha value is -1.12. The van der Waals surface area contributed by atoms with Gasteiger partial charge in [0.1, 0.15) is 0 Å². The third-order valence-corrected chi connectivity index (χ3v) is 6.60. The summed E-state index contributed by atoms with van der Waals surface area (Å²) in [7, 11) is -3.55. The molecule has 1 aliphatic heterocycles. The Balaban J connectivity index is 2.13. The fraction of sp³-hybridized carbons (Fsp3) is 0.615. The van der Waals surface area contributed by atoms with Crippen LogP contribution in [-0.2, 0) is 10.0 Å². The first-order valence-corrected chi connectivity index (χ1v) is 9.48. The number of imidazole rings is 1. The summed E-state index contributed by atoms with van der Waals surface area (Å²) in [5.41, 5.74) is 0. The maximum Gasteiger partial charge on any atom is 0.263 e. The van der Waals surface area contributed by atoms with Gasteiger partial charge < -0.3 is 5.32 Å². The van der Waals surface area contributed by atoms with Crippen molar-refractivity contribution in [2.75, 3.05) is 18.4 Å². The summed E-state index contributed by atoms with van der Waals surface area (Å²) in [6.45, 7) is 7.21. The van der Waals surface area contributed by atoms with Gasteiger partial charge in [-0.25, -0.2) is 13.4 Å². The maximum atomic E-state index is 13.1. The van der Waals surface area contributed by atoms with E-state index in [0.717, 1.165) is 6.42 Å². The molecule has 0 bridgehead atoms. The van der Waals surface area contributed by atoms with E-state index < -0.39 is 10.0 Å². The van der Waals surface area contributed by atoms with Gasteiger partial charge in [0.05, 0.1) is 0 Å². The number of nitrogens with zero attached hydrogens (tertiary/aromatic N) is 3. The number of aromatic nitrogens is 2. The quantitative estimate of drug-likeness (QED) is 0.935. The van der Waals surface area contributed by atoms with Gasteiger partial charge in [0, 0.05) is 30.7 Å². The van der Waals surface area contributed by atoms with Gasteiger partial charge in [-0.15, -0.1) is 11.3 Å². The molecule has 116 valence electrons. The Morgan fingerprint density at radius 1 is 1.48 bits per heavy atom. The predicted octanol–water partition coefficient (Wildman–Crippen LogP) is 2.25. The topological polar surface area (TPSA) is 66.7 Å². The molecule has 1 aliphatic rings. The number of nitrogens with one attached hydrogen (secondary N) is 1. The molecule has 0 amide bonds. The summed E-state index contributed by atoms with van der Waals surface area (Å²) in [6, 6.07) is 0.0312. The van der Waals surface area contributed by atoms with E-state index in [2.05, 4.69) is 17.2 Å². The summed E-state index contributed by atoms with van der Waals surface area (Å²) in [5.74, 6) is 0.847. The molecule has 2 aromatic rings. The molecule has 1 saturated heterocycles. The summed E-state index contributed by atoms with van der Waals surface area (Å²) in [4.78, 5) is 5.11. The minimum Gasteiger partial charge on any atom is -0.368 e. The second-order valence-corrected chi connectivity index (χ2v) is 8.29. The first-order valence-electron chi connectivity index (χ1n) is 7.16. The summed E-state index contributed by atoms with van der Waals surface area (Å²) < 4.78 is 29.5. The number of anilines is 1. The molecule has 0 spiro atoms. The van der Waals surface area contributed by atoms with Gasteiger partial charge >= 0.3 is 0 Å². The Bertz CT molecular complexity index is 749. The summed E-state index contributed by atoms with van der Waals surface area (Å²) >= 11 is 1.44.